The number of nitrogens with one attached hydrogen (secondary N) is 1. The van der Waals surface area contributed by atoms with Crippen LogP contribution in [0.2, 0.25) is 0 Å². The lowest BCUT2D eigenvalue weighted by Gasteiger charge is -2.38. The van der Waals surface area contributed by atoms with E-state index >= 15 is 0 Å². The molecule has 0 aromatic heterocycles. The highest BCUT2D eigenvalue weighted by Gasteiger charge is 2.24. The second kappa shape index (κ2) is 6.19. The summed E-state index contributed by atoms with van der Waals surface area (Å²) in [7, 11) is 0. The molecule has 2 unspecified atom stereocenters. The first-order valence-corrected chi connectivity index (χ1v) is 7.28. The molecular formula is C15H32N2. The van der Waals surface area contributed by atoms with Crippen molar-refractivity contribution in [1.29, 1.82) is 0 Å². The van der Waals surface area contributed by atoms with Crippen LogP contribution in [0.3, 0.4) is 0 Å². The normalized spacial score (nSPS) is 23.6. The molecule has 1 saturated heterocycles. The monoisotopic (exact) mass is 240 g/mol. The molecule has 1 fully saturated rings. The van der Waals surface area contributed by atoms with Gasteiger partial charge >= 0.3 is 0 Å². The minimum absolute atomic E-state index is 0.240. The van der Waals surface area contributed by atoms with Crippen LogP contribution < -0.4 is 5.32 Å². The fourth-order valence-corrected chi connectivity index (χ4v) is 2.43. The Morgan fingerprint density at radius 2 is 1.71 bits per heavy atom. The van der Waals surface area contributed by atoms with Crippen molar-refractivity contribution >= 4 is 0 Å². The summed E-state index contributed by atoms with van der Waals surface area (Å²) < 4.78 is 0. The first-order chi connectivity index (χ1) is 7.79. The Kier molecular flexibility index (Phi) is 5.46. The molecule has 1 aliphatic heterocycles. The van der Waals surface area contributed by atoms with Gasteiger partial charge in [0, 0.05) is 11.6 Å². The fourth-order valence-electron chi connectivity index (χ4n) is 2.43. The highest BCUT2D eigenvalue weighted by molar-refractivity contribution is 4.81. The third-order valence-corrected chi connectivity index (χ3v) is 4.17. The molecule has 0 aliphatic carbocycles. The third-order valence-electron chi connectivity index (χ3n) is 4.17. The molecule has 1 N–H and O–H groups in total. The summed E-state index contributed by atoms with van der Waals surface area (Å²) in [5.41, 5.74) is 0.240. The number of hydrogen-bond acceptors (Lipinski definition) is 2. The van der Waals surface area contributed by atoms with Crippen molar-refractivity contribution in [2.24, 2.45) is 11.8 Å². The zero-order valence-corrected chi connectivity index (χ0v) is 12.7. The predicted octanol–water partition coefficient (Wildman–Crippen LogP) is 3.13. The molecule has 1 rings (SSSR count). The summed E-state index contributed by atoms with van der Waals surface area (Å²) in [6.45, 7) is 17.6. The van der Waals surface area contributed by atoms with Crippen LogP contribution in [0.4, 0.5) is 0 Å². The van der Waals surface area contributed by atoms with E-state index < -0.39 is 0 Å². The average Bonchev–Trinajstić information content (AvgIpc) is 2.25. The molecule has 2 atom stereocenters. The van der Waals surface area contributed by atoms with Crippen molar-refractivity contribution in [3.05, 3.63) is 0 Å². The Hall–Kier alpha value is -0.0800. The fraction of sp³-hybridized carbons (Fsp3) is 1.00. The molecule has 2 nitrogen and oxygen atoms in total. The Morgan fingerprint density at radius 3 is 2.18 bits per heavy atom. The first kappa shape index (κ1) is 15.0. The maximum absolute atomic E-state index is 3.62. The Bertz CT molecular complexity index is 211. The lowest BCUT2D eigenvalue weighted by Crippen LogP contribution is -2.47. The van der Waals surface area contributed by atoms with Crippen LogP contribution in [0.1, 0.15) is 54.4 Å². The van der Waals surface area contributed by atoms with Gasteiger partial charge in [0.1, 0.15) is 0 Å². The summed E-state index contributed by atoms with van der Waals surface area (Å²) in [5.74, 6) is 1.66. The maximum atomic E-state index is 3.62. The molecule has 1 heterocycles. The lowest BCUT2D eigenvalue weighted by molar-refractivity contribution is 0.111. The second-order valence-corrected chi connectivity index (χ2v) is 7.07. The largest absolute Gasteiger partial charge is 0.312 e. The van der Waals surface area contributed by atoms with Gasteiger partial charge < -0.3 is 10.2 Å². The minimum Gasteiger partial charge on any atom is -0.312 e. The Balaban J connectivity index is 2.33. The summed E-state index contributed by atoms with van der Waals surface area (Å²) in [6, 6.07) is 0.706. The van der Waals surface area contributed by atoms with E-state index in [4.69, 9.17) is 0 Å². The molecule has 102 valence electrons. The zero-order chi connectivity index (χ0) is 13.1. The van der Waals surface area contributed by atoms with E-state index in [1.165, 1.54) is 25.9 Å². The smallest absolute Gasteiger partial charge is 0.0105 e. The Morgan fingerprint density at radius 1 is 1.18 bits per heavy atom. The molecule has 1 aliphatic rings. The summed E-state index contributed by atoms with van der Waals surface area (Å²) in [4.78, 5) is 2.68. The molecular weight excluding hydrogens is 208 g/mol. The van der Waals surface area contributed by atoms with Crippen molar-refractivity contribution in [2.75, 3.05) is 19.6 Å². The second-order valence-electron chi connectivity index (χ2n) is 7.07. The summed E-state index contributed by atoms with van der Waals surface area (Å²) in [6.07, 6.45) is 2.76. The van der Waals surface area contributed by atoms with Gasteiger partial charge in [-0.3, -0.25) is 0 Å². The number of hydrogen-bond donors (Lipinski definition) is 1. The van der Waals surface area contributed by atoms with E-state index in [0.29, 0.717) is 6.04 Å². The van der Waals surface area contributed by atoms with Gasteiger partial charge in [-0.25, -0.2) is 0 Å². The highest BCUT2D eigenvalue weighted by Crippen LogP contribution is 2.21. The maximum Gasteiger partial charge on any atom is 0.0105 e. The quantitative estimate of drug-likeness (QED) is 0.812. The van der Waals surface area contributed by atoms with Crippen LogP contribution >= 0.6 is 0 Å². The summed E-state index contributed by atoms with van der Waals surface area (Å²) in [5, 5.41) is 3.62. The lowest BCUT2D eigenvalue weighted by atomic mass is 9.94. The molecule has 0 saturated carbocycles. The van der Waals surface area contributed by atoms with E-state index in [2.05, 4.69) is 51.8 Å². The van der Waals surface area contributed by atoms with Gasteiger partial charge in [-0.05, 0) is 72.0 Å². The van der Waals surface area contributed by atoms with Gasteiger partial charge in [-0.1, -0.05) is 13.8 Å². The molecule has 0 radical (unpaired) electrons. The van der Waals surface area contributed by atoms with Crippen molar-refractivity contribution < 1.29 is 0 Å². The van der Waals surface area contributed by atoms with Crippen LogP contribution in [0.25, 0.3) is 0 Å². The standard InChI is InChI=1S/C15H32N2/c1-12-7-9-17(10-8-12)14(3)13(2)11-16-15(4,5)6/h12-14,16H,7-11H2,1-6H3. The van der Waals surface area contributed by atoms with E-state index in [-0.39, 0.29) is 5.54 Å². The van der Waals surface area contributed by atoms with Crippen LogP contribution in [0.5, 0.6) is 0 Å². The third kappa shape index (κ3) is 5.39. The van der Waals surface area contributed by atoms with Gasteiger partial charge in [0.05, 0.1) is 0 Å². The van der Waals surface area contributed by atoms with Crippen molar-refractivity contribution in [3.8, 4) is 0 Å². The number of nitrogens with zero attached hydrogens (tertiary/aromatic N) is 1. The highest BCUT2D eigenvalue weighted by atomic mass is 15.2. The van der Waals surface area contributed by atoms with E-state index in [0.717, 1.165) is 18.4 Å². The SMILES string of the molecule is CC1CCN(C(C)C(C)CNC(C)(C)C)CC1. The van der Waals surface area contributed by atoms with Gasteiger partial charge in [0.25, 0.3) is 0 Å². The van der Waals surface area contributed by atoms with Crippen LogP contribution in [0.15, 0.2) is 0 Å². The predicted molar refractivity (Wildman–Crippen MR) is 76.4 cm³/mol. The van der Waals surface area contributed by atoms with Gasteiger partial charge in [0.2, 0.25) is 0 Å². The minimum atomic E-state index is 0.240. The molecule has 0 amide bonds. The van der Waals surface area contributed by atoms with E-state index in [9.17, 15) is 0 Å². The van der Waals surface area contributed by atoms with E-state index in [1.807, 2.05) is 0 Å². The van der Waals surface area contributed by atoms with Crippen molar-refractivity contribution in [3.63, 3.8) is 0 Å². The van der Waals surface area contributed by atoms with Crippen molar-refractivity contribution in [2.45, 2.75) is 66.0 Å². The van der Waals surface area contributed by atoms with Gasteiger partial charge in [0.15, 0.2) is 0 Å². The van der Waals surface area contributed by atoms with Gasteiger partial charge in [-0.2, -0.15) is 0 Å². The number of rotatable bonds is 4. The molecule has 0 aromatic rings. The summed E-state index contributed by atoms with van der Waals surface area (Å²) >= 11 is 0. The molecule has 0 spiro atoms. The topological polar surface area (TPSA) is 15.3 Å². The average molecular weight is 240 g/mol. The molecule has 2 heteroatoms. The molecule has 17 heavy (non-hydrogen) atoms. The number of likely N-dealkylation sites (tertiary alicyclic amines) is 1. The molecule has 0 aromatic carbocycles. The van der Waals surface area contributed by atoms with E-state index in [1.54, 1.807) is 0 Å². The molecule has 0 bridgehead atoms. The Labute approximate surface area is 108 Å². The zero-order valence-electron chi connectivity index (χ0n) is 12.7. The first-order valence-electron chi connectivity index (χ1n) is 7.28. The van der Waals surface area contributed by atoms with Crippen LogP contribution in [0, 0.1) is 11.8 Å². The van der Waals surface area contributed by atoms with Crippen LogP contribution in [-0.4, -0.2) is 36.1 Å². The number of piperidine rings is 1. The van der Waals surface area contributed by atoms with Crippen LogP contribution in [-0.2, 0) is 0 Å². The van der Waals surface area contributed by atoms with Gasteiger partial charge in [-0.15, -0.1) is 0 Å². The van der Waals surface area contributed by atoms with Crippen molar-refractivity contribution in [1.82, 2.24) is 10.2 Å².